The van der Waals surface area contributed by atoms with E-state index in [9.17, 15) is 14.7 Å². The third-order valence-corrected chi connectivity index (χ3v) is 6.18. The highest BCUT2D eigenvalue weighted by molar-refractivity contribution is 6.46. The zero-order valence-corrected chi connectivity index (χ0v) is 20.2. The van der Waals surface area contributed by atoms with Crippen molar-refractivity contribution in [3.8, 4) is 17.2 Å². The lowest BCUT2D eigenvalue weighted by Gasteiger charge is -2.29. The van der Waals surface area contributed by atoms with Gasteiger partial charge in [-0.2, -0.15) is 0 Å². The number of carbonyl (C=O) groups is 2. The molecular formula is C25H31N3O6. The fraction of sp³-hybridized carbons (Fsp3) is 0.400. The fourth-order valence-electron chi connectivity index (χ4n) is 4.25. The van der Waals surface area contributed by atoms with E-state index in [-0.39, 0.29) is 5.57 Å². The molecule has 9 heteroatoms. The van der Waals surface area contributed by atoms with E-state index in [1.165, 1.54) is 55.7 Å². The molecule has 0 saturated carbocycles. The molecule has 1 aliphatic heterocycles. The van der Waals surface area contributed by atoms with Gasteiger partial charge in [0.2, 0.25) is 11.5 Å². The largest absolute Gasteiger partial charge is 0.872 e. The van der Waals surface area contributed by atoms with E-state index in [0.717, 1.165) is 13.1 Å². The Kier molecular flexibility index (Phi) is 8.12. The molecule has 2 heterocycles. The van der Waals surface area contributed by atoms with Crippen molar-refractivity contribution in [1.82, 2.24) is 9.88 Å². The van der Waals surface area contributed by atoms with Gasteiger partial charge in [0.05, 0.1) is 53.6 Å². The summed E-state index contributed by atoms with van der Waals surface area (Å²) in [6.07, 6.45) is 2.95. The van der Waals surface area contributed by atoms with Gasteiger partial charge in [-0.25, -0.2) is 0 Å². The van der Waals surface area contributed by atoms with Crippen molar-refractivity contribution >= 4 is 17.4 Å². The second-order valence-electron chi connectivity index (χ2n) is 7.87. The number of quaternary nitrogens is 1. The molecule has 1 aliphatic rings. The summed E-state index contributed by atoms with van der Waals surface area (Å²) in [4.78, 5) is 33.0. The Bertz CT molecular complexity index is 1040. The van der Waals surface area contributed by atoms with Crippen LogP contribution in [0.4, 0.5) is 0 Å². The number of pyridine rings is 1. The van der Waals surface area contributed by atoms with Crippen molar-refractivity contribution in [3.63, 3.8) is 0 Å². The Morgan fingerprint density at radius 3 is 2.12 bits per heavy atom. The Morgan fingerprint density at radius 1 is 1.03 bits per heavy atom. The Hall–Kier alpha value is -3.59. The van der Waals surface area contributed by atoms with E-state index < -0.39 is 23.5 Å². The van der Waals surface area contributed by atoms with Gasteiger partial charge in [0.15, 0.2) is 11.5 Å². The first kappa shape index (κ1) is 25.0. The van der Waals surface area contributed by atoms with E-state index in [4.69, 9.17) is 14.2 Å². The van der Waals surface area contributed by atoms with Crippen molar-refractivity contribution in [2.75, 3.05) is 47.5 Å². The molecule has 1 aromatic heterocycles. The van der Waals surface area contributed by atoms with Gasteiger partial charge in [-0.15, -0.1) is 0 Å². The number of ketones is 1. The molecule has 1 atom stereocenters. The zero-order chi connectivity index (χ0) is 24.8. The van der Waals surface area contributed by atoms with Crippen LogP contribution in [0.3, 0.4) is 0 Å². The number of rotatable bonds is 10. The number of nitrogens with one attached hydrogen (secondary N) is 1. The first-order valence-corrected chi connectivity index (χ1v) is 11.2. The topological polar surface area (TPSA) is 105 Å². The standard InChI is InChI=1S/C25H31N3O6/c1-6-27(7-2)12-13-28-21(17-14-18(32-3)24(34-5)19(15-17)33-4)20(23(30)25(28)31)22(29)16-8-10-26-11-9-16/h8-11,14-15,21,29H,6-7,12-13H2,1-5H3. The Balaban J connectivity index is 2.21. The van der Waals surface area contributed by atoms with Crippen molar-refractivity contribution < 1.29 is 33.8 Å². The normalized spacial score (nSPS) is 17.4. The van der Waals surface area contributed by atoms with Gasteiger partial charge < -0.3 is 29.1 Å². The minimum absolute atomic E-state index is 0.0972. The minimum atomic E-state index is -0.885. The molecule has 1 aromatic carbocycles. The van der Waals surface area contributed by atoms with Crippen molar-refractivity contribution in [3.05, 3.63) is 53.4 Å². The van der Waals surface area contributed by atoms with Gasteiger partial charge in [0.1, 0.15) is 0 Å². The van der Waals surface area contributed by atoms with E-state index in [2.05, 4.69) is 18.8 Å². The summed E-state index contributed by atoms with van der Waals surface area (Å²) in [6, 6.07) is 5.53. The average molecular weight is 470 g/mol. The summed E-state index contributed by atoms with van der Waals surface area (Å²) < 4.78 is 16.4. The molecule has 34 heavy (non-hydrogen) atoms. The van der Waals surface area contributed by atoms with Crippen LogP contribution in [0, 0.1) is 0 Å². The third-order valence-electron chi connectivity index (χ3n) is 6.18. The number of ether oxygens (including phenoxy) is 3. The van der Waals surface area contributed by atoms with Crippen LogP contribution >= 0.6 is 0 Å². The highest BCUT2D eigenvalue weighted by atomic mass is 16.5. The summed E-state index contributed by atoms with van der Waals surface area (Å²) in [5.74, 6) is -0.872. The highest BCUT2D eigenvalue weighted by Crippen LogP contribution is 2.45. The molecular weight excluding hydrogens is 438 g/mol. The number of aromatic nitrogens is 1. The van der Waals surface area contributed by atoms with Gasteiger partial charge >= 0.3 is 0 Å². The van der Waals surface area contributed by atoms with Crippen LogP contribution in [0.2, 0.25) is 0 Å². The second-order valence-corrected chi connectivity index (χ2v) is 7.87. The zero-order valence-electron chi connectivity index (χ0n) is 20.2. The van der Waals surface area contributed by atoms with Gasteiger partial charge in [-0.1, -0.05) is 5.76 Å². The predicted molar refractivity (Wildman–Crippen MR) is 124 cm³/mol. The average Bonchev–Trinajstić information content (AvgIpc) is 3.13. The van der Waals surface area contributed by atoms with Crippen molar-refractivity contribution in [2.24, 2.45) is 0 Å². The molecule has 0 aliphatic carbocycles. The molecule has 2 aromatic rings. The van der Waals surface area contributed by atoms with Gasteiger partial charge in [0, 0.05) is 18.0 Å². The summed E-state index contributed by atoms with van der Waals surface area (Å²) >= 11 is 0. The molecule has 1 saturated heterocycles. The third kappa shape index (κ3) is 4.70. The Morgan fingerprint density at radius 2 is 1.62 bits per heavy atom. The lowest BCUT2D eigenvalue weighted by Crippen LogP contribution is -3.12. The molecule has 1 fully saturated rings. The molecule has 0 spiro atoms. The Labute approximate surface area is 199 Å². The summed E-state index contributed by atoms with van der Waals surface area (Å²) in [7, 11) is 4.47. The van der Waals surface area contributed by atoms with Crippen molar-refractivity contribution in [1.29, 1.82) is 0 Å². The van der Waals surface area contributed by atoms with Crippen LogP contribution in [0.5, 0.6) is 17.2 Å². The monoisotopic (exact) mass is 469 g/mol. The predicted octanol–water partition coefficient (Wildman–Crippen LogP) is 0.256. The number of hydrogen-bond acceptors (Lipinski definition) is 7. The SMILES string of the molecule is CC[NH+](CC)CCN1C(=O)C(=O)C(=C([O-])c2ccncc2)C1c1cc(OC)c(OC)c(OC)c1. The quantitative estimate of drug-likeness (QED) is 0.302. The van der Waals surface area contributed by atoms with E-state index in [1.807, 2.05) is 0 Å². The number of hydrogen-bond donors (Lipinski definition) is 1. The maximum atomic E-state index is 13.5. The molecule has 1 unspecified atom stereocenters. The molecule has 1 amide bonds. The number of nitrogens with zero attached hydrogens (tertiary/aromatic N) is 2. The van der Waals surface area contributed by atoms with Crippen LogP contribution in [0.25, 0.3) is 5.76 Å². The van der Waals surface area contributed by atoms with Crippen LogP contribution in [0.1, 0.15) is 31.0 Å². The number of amides is 1. The molecule has 182 valence electrons. The molecule has 0 radical (unpaired) electrons. The smallest absolute Gasteiger partial charge is 0.295 e. The van der Waals surface area contributed by atoms with Gasteiger partial charge in [-0.3, -0.25) is 14.6 Å². The van der Waals surface area contributed by atoms with Gasteiger partial charge in [0.25, 0.3) is 5.91 Å². The number of methoxy groups -OCH3 is 3. The van der Waals surface area contributed by atoms with Crippen LogP contribution in [-0.2, 0) is 9.59 Å². The van der Waals surface area contributed by atoms with Gasteiger partial charge in [-0.05, 0) is 49.2 Å². The number of carbonyl (C=O) groups excluding carboxylic acids is 2. The lowest BCUT2D eigenvalue weighted by molar-refractivity contribution is -0.895. The first-order chi connectivity index (χ1) is 16.4. The summed E-state index contributed by atoms with van der Waals surface area (Å²) in [6.45, 7) is 6.86. The molecule has 0 bridgehead atoms. The van der Waals surface area contributed by atoms with Crippen LogP contribution in [0.15, 0.2) is 42.2 Å². The maximum Gasteiger partial charge on any atom is 0.295 e. The fourth-order valence-corrected chi connectivity index (χ4v) is 4.25. The number of Topliss-reactive ketones (excluding diaryl/α,β-unsaturated/α-hetero) is 1. The van der Waals surface area contributed by atoms with E-state index in [1.54, 1.807) is 12.1 Å². The summed E-state index contributed by atoms with van der Waals surface area (Å²) in [5, 5.41) is 13.5. The van der Waals surface area contributed by atoms with E-state index >= 15 is 0 Å². The van der Waals surface area contributed by atoms with Crippen molar-refractivity contribution in [2.45, 2.75) is 19.9 Å². The number of likely N-dealkylation sites (N-methyl/N-ethyl adjacent to an activating group) is 1. The molecule has 1 N–H and O–H groups in total. The molecule has 3 rings (SSSR count). The maximum absolute atomic E-state index is 13.5. The molecule has 9 nitrogen and oxygen atoms in total. The van der Waals surface area contributed by atoms with Crippen LogP contribution in [-0.4, -0.2) is 69.1 Å². The number of benzene rings is 1. The van der Waals surface area contributed by atoms with E-state index in [0.29, 0.717) is 41.5 Å². The highest BCUT2D eigenvalue weighted by Gasteiger charge is 2.45. The van der Waals surface area contributed by atoms with Crippen LogP contribution < -0.4 is 24.2 Å². The lowest BCUT2D eigenvalue weighted by atomic mass is 9.95. The second kappa shape index (κ2) is 11.0. The minimum Gasteiger partial charge on any atom is -0.872 e. The summed E-state index contributed by atoms with van der Waals surface area (Å²) in [5.41, 5.74) is 0.723. The number of likely N-dealkylation sites (tertiary alicyclic amines) is 1. The first-order valence-electron chi connectivity index (χ1n) is 11.2.